The van der Waals surface area contributed by atoms with Crippen LogP contribution in [0.2, 0.25) is 5.02 Å². The number of nitrogens with zero attached hydrogens (tertiary/aromatic N) is 1. The van der Waals surface area contributed by atoms with Crippen LogP contribution in [0.25, 0.3) is 0 Å². The highest BCUT2D eigenvalue weighted by atomic mass is 35.5. The van der Waals surface area contributed by atoms with Crippen LogP contribution in [-0.4, -0.2) is 33.7 Å². The van der Waals surface area contributed by atoms with E-state index in [1.807, 2.05) is 19.9 Å². The lowest BCUT2D eigenvalue weighted by molar-refractivity contribution is -0.119. The third-order valence-electron chi connectivity index (χ3n) is 3.19. The van der Waals surface area contributed by atoms with Gasteiger partial charge < -0.3 is 5.32 Å². The van der Waals surface area contributed by atoms with E-state index in [4.69, 9.17) is 11.6 Å². The van der Waals surface area contributed by atoms with E-state index in [9.17, 15) is 13.2 Å². The van der Waals surface area contributed by atoms with Crippen LogP contribution in [-0.2, 0) is 14.8 Å². The Morgan fingerprint density at radius 1 is 1.32 bits per heavy atom. The predicted octanol–water partition coefficient (Wildman–Crippen LogP) is 2.64. The number of sulfonamides is 1. The Bertz CT molecular complexity index is 621. The van der Waals surface area contributed by atoms with Gasteiger partial charge in [-0.05, 0) is 37.5 Å². The molecule has 7 heteroatoms. The summed E-state index contributed by atoms with van der Waals surface area (Å²) in [5.41, 5.74) is 2.02. The SMILES string of the molecule is CCCCNC(=O)CN(c1c(C)cc(C)cc1Cl)S(C)(=O)=O. The highest BCUT2D eigenvalue weighted by molar-refractivity contribution is 7.92. The minimum absolute atomic E-state index is 0.272. The predicted molar refractivity (Wildman–Crippen MR) is 91.0 cm³/mol. The van der Waals surface area contributed by atoms with Crippen LogP contribution in [0.3, 0.4) is 0 Å². The molecule has 1 N–H and O–H groups in total. The number of carbonyl (C=O) groups is 1. The van der Waals surface area contributed by atoms with Crippen molar-refractivity contribution in [2.75, 3.05) is 23.7 Å². The van der Waals surface area contributed by atoms with Crippen molar-refractivity contribution in [2.45, 2.75) is 33.6 Å². The number of rotatable bonds is 7. The zero-order chi connectivity index (χ0) is 16.9. The second-order valence-corrected chi connectivity index (χ2v) is 7.70. The maximum atomic E-state index is 12.1. The fourth-order valence-electron chi connectivity index (χ4n) is 2.18. The minimum atomic E-state index is -3.61. The standard InChI is InChI=1S/C15H23ClN2O3S/c1-5-6-7-17-14(19)10-18(22(4,20)21)15-12(3)8-11(2)9-13(15)16/h8-9H,5-7,10H2,1-4H3,(H,17,19). The number of unbranched alkanes of at least 4 members (excludes halogenated alkanes) is 1. The van der Waals surface area contributed by atoms with Gasteiger partial charge in [0.15, 0.2) is 0 Å². The number of carbonyl (C=O) groups excluding carboxylic acids is 1. The van der Waals surface area contributed by atoms with Crippen LogP contribution < -0.4 is 9.62 Å². The van der Waals surface area contributed by atoms with Crippen LogP contribution in [0.5, 0.6) is 0 Å². The molecule has 22 heavy (non-hydrogen) atoms. The van der Waals surface area contributed by atoms with E-state index in [2.05, 4.69) is 5.32 Å². The topological polar surface area (TPSA) is 66.5 Å². The Kier molecular flexibility index (Phi) is 6.68. The maximum absolute atomic E-state index is 12.1. The molecule has 0 heterocycles. The third kappa shape index (κ3) is 5.18. The first-order chi connectivity index (χ1) is 10.2. The van der Waals surface area contributed by atoms with Crippen molar-refractivity contribution >= 4 is 33.2 Å². The fraction of sp³-hybridized carbons (Fsp3) is 0.533. The highest BCUT2D eigenvalue weighted by Crippen LogP contribution is 2.32. The summed E-state index contributed by atoms with van der Waals surface area (Å²) in [6.07, 6.45) is 2.88. The second-order valence-electron chi connectivity index (χ2n) is 5.39. The zero-order valence-corrected chi connectivity index (χ0v) is 15.0. The van der Waals surface area contributed by atoms with Gasteiger partial charge >= 0.3 is 0 Å². The molecule has 0 aromatic heterocycles. The van der Waals surface area contributed by atoms with Gasteiger partial charge in [0.05, 0.1) is 17.0 Å². The van der Waals surface area contributed by atoms with E-state index >= 15 is 0 Å². The summed E-state index contributed by atoms with van der Waals surface area (Å²) in [6, 6.07) is 3.53. The van der Waals surface area contributed by atoms with Gasteiger partial charge in [-0.2, -0.15) is 0 Å². The van der Waals surface area contributed by atoms with E-state index in [0.717, 1.165) is 34.5 Å². The van der Waals surface area contributed by atoms with E-state index in [0.29, 0.717) is 17.3 Å². The highest BCUT2D eigenvalue weighted by Gasteiger charge is 2.24. The molecule has 124 valence electrons. The lowest BCUT2D eigenvalue weighted by Gasteiger charge is -2.25. The molecular formula is C15H23ClN2O3S. The van der Waals surface area contributed by atoms with Crippen molar-refractivity contribution in [3.05, 3.63) is 28.3 Å². The average molecular weight is 347 g/mol. The summed E-state index contributed by atoms with van der Waals surface area (Å²) in [6.45, 7) is 5.94. The molecule has 0 bridgehead atoms. The average Bonchev–Trinajstić information content (AvgIpc) is 2.35. The maximum Gasteiger partial charge on any atom is 0.240 e. The number of amides is 1. The van der Waals surface area contributed by atoms with Crippen molar-refractivity contribution in [1.82, 2.24) is 5.32 Å². The molecule has 0 saturated heterocycles. The van der Waals surface area contributed by atoms with E-state index < -0.39 is 10.0 Å². The Morgan fingerprint density at radius 3 is 2.45 bits per heavy atom. The number of benzene rings is 1. The number of halogens is 1. The van der Waals surface area contributed by atoms with Crippen molar-refractivity contribution in [3.63, 3.8) is 0 Å². The Labute approximate surface area is 137 Å². The molecule has 1 aromatic rings. The van der Waals surface area contributed by atoms with Gasteiger partial charge in [0.1, 0.15) is 6.54 Å². The normalized spacial score (nSPS) is 11.3. The van der Waals surface area contributed by atoms with Crippen LogP contribution in [0.1, 0.15) is 30.9 Å². The van der Waals surface area contributed by atoms with Gasteiger partial charge in [-0.25, -0.2) is 8.42 Å². The first kappa shape index (κ1) is 18.8. The third-order valence-corrected chi connectivity index (χ3v) is 4.59. The first-order valence-electron chi connectivity index (χ1n) is 7.18. The summed E-state index contributed by atoms with van der Waals surface area (Å²) < 4.78 is 25.2. The van der Waals surface area contributed by atoms with Crippen molar-refractivity contribution in [1.29, 1.82) is 0 Å². The zero-order valence-electron chi connectivity index (χ0n) is 13.4. The largest absolute Gasteiger partial charge is 0.355 e. The van der Waals surface area contributed by atoms with E-state index in [1.165, 1.54) is 0 Å². The van der Waals surface area contributed by atoms with Gasteiger partial charge in [-0.15, -0.1) is 0 Å². The number of hydrogen-bond acceptors (Lipinski definition) is 3. The molecule has 0 radical (unpaired) electrons. The lowest BCUT2D eigenvalue weighted by Crippen LogP contribution is -2.41. The summed E-state index contributed by atoms with van der Waals surface area (Å²) in [5, 5.41) is 3.04. The van der Waals surface area contributed by atoms with E-state index in [-0.39, 0.29) is 12.5 Å². The molecule has 5 nitrogen and oxygen atoms in total. The fourth-order valence-corrected chi connectivity index (χ4v) is 3.58. The molecule has 0 aliphatic carbocycles. The molecule has 0 saturated carbocycles. The van der Waals surface area contributed by atoms with Gasteiger partial charge in [-0.1, -0.05) is 31.0 Å². The molecular weight excluding hydrogens is 324 g/mol. The number of aryl methyl sites for hydroxylation is 2. The van der Waals surface area contributed by atoms with Crippen LogP contribution in [0.15, 0.2) is 12.1 Å². The molecule has 1 rings (SSSR count). The van der Waals surface area contributed by atoms with Crippen LogP contribution in [0.4, 0.5) is 5.69 Å². The Morgan fingerprint density at radius 2 is 1.95 bits per heavy atom. The van der Waals surface area contributed by atoms with Crippen molar-refractivity contribution in [2.24, 2.45) is 0 Å². The summed E-state index contributed by atoms with van der Waals surface area (Å²) in [4.78, 5) is 12.0. The summed E-state index contributed by atoms with van der Waals surface area (Å²) in [7, 11) is -3.61. The van der Waals surface area contributed by atoms with Crippen molar-refractivity contribution < 1.29 is 13.2 Å². The molecule has 0 atom stereocenters. The van der Waals surface area contributed by atoms with Gasteiger partial charge in [-0.3, -0.25) is 9.10 Å². The van der Waals surface area contributed by atoms with Gasteiger partial charge in [0, 0.05) is 6.54 Å². The van der Waals surface area contributed by atoms with Crippen molar-refractivity contribution in [3.8, 4) is 0 Å². The molecule has 0 spiro atoms. The lowest BCUT2D eigenvalue weighted by atomic mass is 10.1. The second kappa shape index (κ2) is 7.83. The van der Waals surface area contributed by atoms with Crippen LogP contribution in [0, 0.1) is 13.8 Å². The molecule has 0 fully saturated rings. The number of anilines is 1. The Balaban J connectivity index is 3.09. The summed E-state index contributed by atoms with van der Waals surface area (Å²) in [5.74, 6) is -0.338. The minimum Gasteiger partial charge on any atom is -0.355 e. The molecule has 0 aliphatic rings. The van der Waals surface area contributed by atoms with Gasteiger partial charge in [0.25, 0.3) is 0 Å². The number of nitrogens with one attached hydrogen (secondary N) is 1. The molecule has 0 aliphatic heterocycles. The Hall–Kier alpha value is -1.27. The quantitative estimate of drug-likeness (QED) is 0.772. The smallest absolute Gasteiger partial charge is 0.240 e. The van der Waals surface area contributed by atoms with E-state index in [1.54, 1.807) is 13.0 Å². The van der Waals surface area contributed by atoms with Crippen LogP contribution >= 0.6 is 11.6 Å². The van der Waals surface area contributed by atoms with Gasteiger partial charge in [0.2, 0.25) is 15.9 Å². The first-order valence-corrected chi connectivity index (χ1v) is 9.40. The monoisotopic (exact) mass is 346 g/mol. The molecule has 0 unspecified atom stereocenters. The summed E-state index contributed by atoms with van der Waals surface area (Å²) >= 11 is 6.21. The number of hydrogen-bond donors (Lipinski definition) is 1. The molecule has 1 amide bonds. The molecule has 1 aromatic carbocycles.